The van der Waals surface area contributed by atoms with E-state index >= 15 is 0 Å². The second kappa shape index (κ2) is 7.43. The molecule has 1 heterocycles. The maximum absolute atomic E-state index is 13.2. The number of nitrogens with one attached hydrogen (secondary N) is 1. The minimum atomic E-state index is -1.06. The number of nitrogens with zero attached hydrogens (tertiary/aromatic N) is 1. The van der Waals surface area contributed by atoms with Gasteiger partial charge in [0.05, 0.1) is 10.0 Å². The summed E-state index contributed by atoms with van der Waals surface area (Å²) in [5, 5.41) is 3.67. The van der Waals surface area contributed by atoms with Gasteiger partial charge < -0.3 is 10.1 Å². The molecule has 0 atom stereocenters. The van der Waals surface area contributed by atoms with Gasteiger partial charge in [-0.1, -0.05) is 23.2 Å². The number of benzene rings is 2. The molecule has 0 spiro atoms. The average molecular weight is 397 g/mol. The maximum Gasteiger partial charge on any atom is 0.262 e. The highest BCUT2D eigenvalue weighted by atomic mass is 35.5. The van der Waals surface area contributed by atoms with Gasteiger partial charge in [-0.3, -0.25) is 4.79 Å². The van der Waals surface area contributed by atoms with Gasteiger partial charge in [0, 0.05) is 22.8 Å². The standard InChI is InChI=1S/C18H12Cl2F2N2O2/c1-9-2-4-11-12(19)7-13(20)18(17(11)23-9)26-8-16(25)24-10-3-5-14(21)15(22)6-10/h2-7H,8H2,1H3,(H,24,25). The van der Waals surface area contributed by atoms with Gasteiger partial charge in [0.1, 0.15) is 5.52 Å². The van der Waals surface area contributed by atoms with Crippen LogP contribution in [0.1, 0.15) is 5.69 Å². The molecular weight excluding hydrogens is 385 g/mol. The lowest BCUT2D eigenvalue weighted by molar-refractivity contribution is -0.118. The fraction of sp³-hybridized carbons (Fsp3) is 0.111. The molecule has 0 bridgehead atoms. The number of carbonyl (C=O) groups is 1. The van der Waals surface area contributed by atoms with Crippen molar-refractivity contribution in [1.29, 1.82) is 0 Å². The molecule has 0 aliphatic rings. The highest BCUT2D eigenvalue weighted by Crippen LogP contribution is 2.37. The van der Waals surface area contributed by atoms with E-state index in [1.54, 1.807) is 19.1 Å². The zero-order chi connectivity index (χ0) is 18.8. The Kier molecular flexibility index (Phi) is 5.25. The second-order valence-corrected chi connectivity index (χ2v) is 6.30. The van der Waals surface area contributed by atoms with E-state index in [4.69, 9.17) is 27.9 Å². The van der Waals surface area contributed by atoms with Crippen LogP contribution in [0.2, 0.25) is 10.0 Å². The number of pyridine rings is 1. The molecule has 0 aliphatic carbocycles. The summed E-state index contributed by atoms with van der Waals surface area (Å²) < 4.78 is 31.6. The van der Waals surface area contributed by atoms with Crippen LogP contribution in [0.4, 0.5) is 14.5 Å². The molecule has 0 saturated heterocycles. The number of aromatic nitrogens is 1. The van der Waals surface area contributed by atoms with E-state index in [1.807, 2.05) is 0 Å². The molecule has 0 aliphatic heterocycles. The number of amides is 1. The van der Waals surface area contributed by atoms with Gasteiger partial charge in [-0.05, 0) is 37.3 Å². The summed E-state index contributed by atoms with van der Waals surface area (Å²) >= 11 is 12.3. The van der Waals surface area contributed by atoms with Crippen molar-refractivity contribution in [3.63, 3.8) is 0 Å². The van der Waals surface area contributed by atoms with Gasteiger partial charge in [0.15, 0.2) is 24.0 Å². The van der Waals surface area contributed by atoms with Crippen LogP contribution in [0, 0.1) is 18.6 Å². The van der Waals surface area contributed by atoms with Crippen molar-refractivity contribution in [2.24, 2.45) is 0 Å². The fourth-order valence-electron chi connectivity index (χ4n) is 2.34. The number of rotatable bonds is 4. The van der Waals surface area contributed by atoms with Gasteiger partial charge in [-0.2, -0.15) is 0 Å². The summed E-state index contributed by atoms with van der Waals surface area (Å²) in [5.41, 5.74) is 1.27. The van der Waals surface area contributed by atoms with Crippen molar-refractivity contribution in [2.45, 2.75) is 6.92 Å². The molecule has 1 amide bonds. The van der Waals surface area contributed by atoms with E-state index in [2.05, 4.69) is 10.3 Å². The number of ether oxygens (including phenoxy) is 1. The Morgan fingerprint density at radius 2 is 1.88 bits per heavy atom. The Hall–Kier alpha value is -2.44. The molecule has 1 N–H and O–H groups in total. The van der Waals surface area contributed by atoms with Gasteiger partial charge in [0.2, 0.25) is 0 Å². The molecule has 0 radical (unpaired) electrons. The normalized spacial score (nSPS) is 10.8. The molecule has 134 valence electrons. The number of hydrogen-bond acceptors (Lipinski definition) is 3. The zero-order valence-corrected chi connectivity index (χ0v) is 15.0. The summed E-state index contributed by atoms with van der Waals surface area (Å²) in [6, 6.07) is 8.12. The predicted molar refractivity (Wildman–Crippen MR) is 97.0 cm³/mol. The summed E-state index contributed by atoms with van der Waals surface area (Å²) in [4.78, 5) is 16.4. The van der Waals surface area contributed by atoms with Crippen molar-refractivity contribution in [2.75, 3.05) is 11.9 Å². The second-order valence-electron chi connectivity index (χ2n) is 5.48. The Labute approximate surface area is 157 Å². The first-order valence-corrected chi connectivity index (χ1v) is 8.24. The fourth-order valence-corrected chi connectivity index (χ4v) is 2.91. The number of halogens is 4. The van der Waals surface area contributed by atoms with Gasteiger partial charge in [-0.15, -0.1) is 0 Å². The van der Waals surface area contributed by atoms with Gasteiger partial charge in [-0.25, -0.2) is 13.8 Å². The molecule has 2 aromatic carbocycles. The minimum Gasteiger partial charge on any atom is -0.480 e. The van der Waals surface area contributed by atoms with E-state index in [9.17, 15) is 13.6 Å². The van der Waals surface area contributed by atoms with E-state index in [0.717, 1.165) is 17.8 Å². The molecule has 26 heavy (non-hydrogen) atoms. The lowest BCUT2D eigenvalue weighted by atomic mass is 10.2. The highest BCUT2D eigenvalue weighted by molar-refractivity contribution is 6.39. The van der Waals surface area contributed by atoms with Crippen molar-refractivity contribution in [3.8, 4) is 5.75 Å². The topological polar surface area (TPSA) is 51.2 Å². The van der Waals surface area contributed by atoms with Gasteiger partial charge in [0.25, 0.3) is 5.91 Å². The van der Waals surface area contributed by atoms with E-state index in [-0.39, 0.29) is 16.5 Å². The largest absolute Gasteiger partial charge is 0.480 e. The first-order valence-electron chi connectivity index (χ1n) is 7.48. The van der Waals surface area contributed by atoms with Crippen LogP contribution >= 0.6 is 23.2 Å². The van der Waals surface area contributed by atoms with Crippen LogP contribution in [0.15, 0.2) is 36.4 Å². The van der Waals surface area contributed by atoms with Crippen molar-refractivity contribution in [1.82, 2.24) is 4.98 Å². The number of aryl methyl sites for hydroxylation is 1. The van der Waals surface area contributed by atoms with Crippen LogP contribution in [-0.4, -0.2) is 17.5 Å². The molecule has 3 rings (SSSR count). The average Bonchev–Trinajstić information content (AvgIpc) is 2.57. The summed E-state index contributed by atoms with van der Waals surface area (Å²) in [6.45, 7) is 1.40. The number of fused-ring (bicyclic) bond motifs is 1. The number of carbonyl (C=O) groups excluding carboxylic acids is 1. The number of anilines is 1. The van der Waals surface area contributed by atoms with Gasteiger partial charge >= 0.3 is 0 Å². The van der Waals surface area contributed by atoms with Crippen molar-refractivity contribution >= 4 is 45.7 Å². The van der Waals surface area contributed by atoms with Crippen molar-refractivity contribution < 1.29 is 18.3 Å². The third-order valence-corrected chi connectivity index (χ3v) is 4.12. The Morgan fingerprint density at radius 3 is 2.62 bits per heavy atom. The molecular formula is C18H12Cl2F2N2O2. The zero-order valence-electron chi connectivity index (χ0n) is 13.4. The quantitative estimate of drug-likeness (QED) is 0.663. The maximum atomic E-state index is 13.2. The monoisotopic (exact) mass is 396 g/mol. The van der Waals surface area contributed by atoms with Crippen molar-refractivity contribution in [3.05, 3.63) is 63.8 Å². The van der Waals surface area contributed by atoms with Crippen LogP contribution < -0.4 is 10.1 Å². The smallest absolute Gasteiger partial charge is 0.262 e. The van der Waals surface area contributed by atoms with Crippen LogP contribution in [0.25, 0.3) is 10.9 Å². The molecule has 3 aromatic rings. The van der Waals surface area contributed by atoms with Crippen LogP contribution in [0.5, 0.6) is 5.75 Å². The van der Waals surface area contributed by atoms with E-state index < -0.39 is 24.1 Å². The Bertz CT molecular complexity index is 1010. The highest BCUT2D eigenvalue weighted by Gasteiger charge is 2.15. The summed E-state index contributed by atoms with van der Waals surface area (Å²) in [7, 11) is 0. The third-order valence-electron chi connectivity index (χ3n) is 3.53. The minimum absolute atomic E-state index is 0.110. The lowest BCUT2D eigenvalue weighted by Gasteiger charge is -2.12. The Balaban J connectivity index is 1.80. The SMILES string of the molecule is Cc1ccc2c(Cl)cc(Cl)c(OCC(=O)Nc3ccc(F)c(F)c3)c2n1. The number of hydrogen-bond donors (Lipinski definition) is 1. The summed E-state index contributed by atoms with van der Waals surface area (Å²) in [5.74, 6) is -2.41. The summed E-state index contributed by atoms with van der Waals surface area (Å²) in [6.07, 6.45) is 0. The van der Waals surface area contributed by atoms with E-state index in [0.29, 0.717) is 15.9 Å². The van der Waals surface area contributed by atoms with Crippen LogP contribution in [-0.2, 0) is 4.79 Å². The third kappa shape index (κ3) is 3.86. The molecule has 1 aromatic heterocycles. The predicted octanol–water partition coefficient (Wildman–Crippen LogP) is 5.15. The van der Waals surface area contributed by atoms with E-state index in [1.165, 1.54) is 12.1 Å². The first-order chi connectivity index (χ1) is 12.3. The first kappa shape index (κ1) is 18.4. The molecule has 0 saturated carbocycles. The molecule has 0 fully saturated rings. The molecule has 4 nitrogen and oxygen atoms in total. The lowest BCUT2D eigenvalue weighted by Crippen LogP contribution is -2.20. The Morgan fingerprint density at radius 1 is 1.12 bits per heavy atom. The molecule has 0 unspecified atom stereocenters. The molecule has 8 heteroatoms. The van der Waals surface area contributed by atoms with Crippen LogP contribution in [0.3, 0.4) is 0 Å².